The first-order valence-corrected chi connectivity index (χ1v) is 8.76. The van der Waals surface area contributed by atoms with Crippen LogP contribution in [0.4, 0.5) is 0 Å². The first-order valence-electron chi connectivity index (χ1n) is 8.38. The smallest absolute Gasteiger partial charge is 0.226 e. The summed E-state index contributed by atoms with van der Waals surface area (Å²) in [5.74, 6) is 2.05. The monoisotopic (exact) mass is 347 g/mol. The molecule has 0 atom stereocenters. The van der Waals surface area contributed by atoms with Crippen LogP contribution in [0, 0.1) is 0 Å². The van der Waals surface area contributed by atoms with Gasteiger partial charge in [0.2, 0.25) is 17.7 Å². The van der Waals surface area contributed by atoms with Gasteiger partial charge >= 0.3 is 0 Å². The van der Waals surface area contributed by atoms with Crippen molar-refractivity contribution in [2.75, 3.05) is 13.1 Å². The fourth-order valence-electron chi connectivity index (χ4n) is 2.91. The van der Waals surface area contributed by atoms with Crippen molar-refractivity contribution in [2.45, 2.75) is 44.9 Å². The zero-order valence-electron chi connectivity index (χ0n) is 14.0. The number of amides is 1. The number of rotatable bonds is 4. The average molecular weight is 348 g/mol. The Kier molecular flexibility index (Phi) is 5.19. The predicted molar refractivity (Wildman–Crippen MR) is 92.1 cm³/mol. The molecule has 5 nitrogen and oxygen atoms in total. The Labute approximate surface area is 147 Å². The molecule has 1 aliphatic heterocycles. The van der Waals surface area contributed by atoms with Gasteiger partial charge in [-0.15, -0.1) is 10.2 Å². The molecule has 0 aliphatic carbocycles. The average Bonchev–Trinajstić information content (AvgIpc) is 3.07. The summed E-state index contributed by atoms with van der Waals surface area (Å²) < 4.78 is 5.75. The Morgan fingerprint density at radius 2 is 1.92 bits per heavy atom. The molecule has 2 heterocycles. The molecule has 1 fully saturated rings. The van der Waals surface area contributed by atoms with Crippen molar-refractivity contribution in [2.24, 2.45) is 0 Å². The van der Waals surface area contributed by atoms with Gasteiger partial charge in [-0.25, -0.2) is 0 Å². The lowest BCUT2D eigenvalue weighted by Gasteiger charge is -2.30. The van der Waals surface area contributed by atoms with Gasteiger partial charge in [-0.3, -0.25) is 4.79 Å². The van der Waals surface area contributed by atoms with E-state index in [9.17, 15) is 4.79 Å². The maximum Gasteiger partial charge on any atom is 0.226 e. The largest absolute Gasteiger partial charge is 0.425 e. The molecule has 3 rings (SSSR count). The summed E-state index contributed by atoms with van der Waals surface area (Å²) in [6, 6.07) is 7.44. The van der Waals surface area contributed by atoms with Gasteiger partial charge in [-0.05, 0) is 30.5 Å². The molecule has 0 saturated carbocycles. The van der Waals surface area contributed by atoms with Crippen molar-refractivity contribution >= 4 is 17.5 Å². The van der Waals surface area contributed by atoms with Gasteiger partial charge in [0, 0.05) is 29.9 Å². The number of hydrogen-bond acceptors (Lipinski definition) is 4. The fourth-order valence-corrected chi connectivity index (χ4v) is 3.04. The number of hydrogen-bond donors (Lipinski definition) is 0. The third kappa shape index (κ3) is 3.96. The van der Waals surface area contributed by atoms with Crippen molar-refractivity contribution in [3.8, 4) is 0 Å². The molecule has 0 unspecified atom stereocenters. The van der Waals surface area contributed by atoms with Crippen LogP contribution in [0.15, 0.2) is 28.7 Å². The van der Waals surface area contributed by atoms with E-state index in [1.165, 1.54) is 0 Å². The zero-order chi connectivity index (χ0) is 17.1. The first kappa shape index (κ1) is 17.0. The lowest BCUT2D eigenvalue weighted by atomic mass is 9.96. The molecule has 0 spiro atoms. The second kappa shape index (κ2) is 7.34. The molecule has 1 aliphatic rings. The molecule has 0 bridgehead atoms. The van der Waals surface area contributed by atoms with Gasteiger partial charge < -0.3 is 9.32 Å². The van der Waals surface area contributed by atoms with Crippen LogP contribution in [0.25, 0.3) is 0 Å². The van der Waals surface area contributed by atoms with Gasteiger partial charge in [0.1, 0.15) is 0 Å². The molecule has 24 heavy (non-hydrogen) atoms. The van der Waals surface area contributed by atoms with Crippen LogP contribution in [0.5, 0.6) is 0 Å². The number of likely N-dealkylation sites (tertiary alicyclic amines) is 1. The lowest BCUT2D eigenvalue weighted by molar-refractivity contribution is -0.131. The highest BCUT2D eigenvalue weighted by Crippen LogP contribution is 2.28. The van der Waals surface area contributed by atoms with Crippen LogP contribution in [-0.4, -0.2) is 34.1 Å². The van der Waals surface area contributed by atoms with Gasteiger partial charge in [-0.2, -0.15) is 0 Å². The van der Waals surface area contributed by atoms with Crippen LogP contribution >= 0.6 is 11.6 Å². The zero-order valence-corrected chi connectivity index (χ0v) is 14.8. The SMILES string of the molecule is CC(C)c1nnc(C2CCN(C(=O)Cc3ccc(Cl)cc3)CC2)o1. The molecule has 1 aromatic heterocycles. The highest BCUT2D eigenvalue weighted by Gasteiger charge is 2.27. The number of carbonyl (C=O) groups excluding carboxylic acids is 1. The minimum Gasteiger partial charge on any atom is -0.425 e. The normalized spacial score (nSPS) is 15.9. The Bertz CT molecular complexity index is 689. The minimum atomic E-state index is 0.157. The number of nitrogens with zero attached hydrogens (tertiary/aromatic N) is 3. The maximum atomic E-state index is 12.4. The highest BCUT2D eigenvalue weighted by atomic mass is 35.5. The fraction of sp³-hybridized carbons (Fsp3) is 0.500. The van der Waals surface area contributed by atoms with Crippen molar-refractivity contribution in [1.29, 1.82) is 0 Å². The Hall–Kier alpha value is -1.88. The van der Waals surface area contributed by atoms with E-state index < -0.39 is 0 Å². The molecule has 1 amide bonds. The van der Waals surface area contributed by atoms with Gasteiger partial charge in [0.05, 0.1) is 6.42 Å². The molecular formula is C18H22ClN3O2. The summed E-state index contributed by atoms with van der Waals surface area (Å²) in [6.07, 6.45) is 2.15. The van der Waals surface area contributed by atoms with Crippen LogP contribution in [0.2, 0.25) is 5.02 Å². The van der Waals surface area contributed by atoms with Gasteiger partial charge in [0.25, 0.3) is 0 Å². The Morgan fingerprint density at radius 3 is 2.50 bits per heavy atom. The predicted octanol–water partition coefficient (Wildman–Crippen LogP) is 3.80. The summed E-state index contributed by atoms with van der Waals surface area (Å²) in [5.41, 5.74) is 0.991. The number of carbonyl (C=O) groups is 1. The van der Waals surface area contributed by atoms with Crippen LogP contribution in [0.1, 0.15) is 55.9 Å². The van der Waals surface area contributed by atoms with E-state index in [1.807, 2.05) is 43.0 Å². The number of halogens is 1. The lowest BCUT2D eigenvalue weighted by Crippen LogP contribution is -2.38. The van der Waals surface area contributed by atoms with E-state index in [4.69, 9.17) is 16.0 Å². The molecule has 128 valence electrons. The van der Waals surface area contributed by atoms with Gasteiger partial charge in [-0.1, -0.05) is 37.6 Å². The van der Waals surface area contributed by atoms with Crippen LogP contribution in [-0.2, 0) is 11.2 Å². The number of aromatic nitrogens is 2. The number of benzene rings is 1. The molecule has 6 heteroatoms. The van der Waals surface area contributed by atoms with Crippen LogP contribution < -0.4 is 0 Å². The standard InChI is InChI=1S/C18H22ClN3O2/c1-12(2)17-20-21-18(24-17)14-7-9-22(10-8-14)16(23)11-13-3-5-15(19)6-4-13/h3-6,12,14H,7-11H2,1-2H3. The van der Waals surface area contributed by atoms with Crippen molar-refractivity contribution in [3.05, 3.63) is 46.6 Å². The second-order valence-corrected chi connectivity index (χ2v) is 7.03. The third-order valence-corrected chi connectivity index (χ3v) is 4.67. The van der Waals surface area contributed by atoms with E-state index in [0.717, 1.165) is 31.5 Å². The molecular weight excluding hydrogens is 326 g/mol. The second-order valence-electron chi connectivity index (χ2n) is 6.59. The summed E-state index contributed by atoms with van der Waals surface area (Å²) in [4.78, 5) is 14.4. The summed E-state index contributed by atoms with van der Waals surface area (Å²) in [5, 5.41) is 8.96. The maximum absolute atomic E-state index is 12.4. The third-order valence-electron chi connectivity index (χ3n) is 4.42. The quantitative estimate of drug-likeness (QED) is 0.844. The number of piperidine rings is 1. The van der Waals surface area contributed by atoms with E-state index in [1.54, 1.807) is 0 Å². The van der Waals surface area contributed by atoms with Crippen molar-refractivity contribution < 1.29 is 9.21 Å². The first-order chi connectivity index (χ1) is 11.5. The van der Waals surface area contributed by atoms with E-state index in [2.05, 4.69) is 10.2 Å². The molecule has 1 aromatic carbocycles. The Balaban J connectivity index is 1.54. The summed E-state index contributed by atoms with van der Waals surface area (Å²) >= 11 is 5.88. The summed E-state index contributed by atoms with van der Waals surface area (Å²) in [6.45, 7) is 5.54. The highest BCUT2D eigenvalue weighted by molar-refractivity contribution is 6.30. The molecule has 1 saturated heterocycles. The topological polar surface area (TPSA) is 59.2 Å². The van der Waals surface area contributed by atoms with E-state index in [-0.39, 0.29) is 17.7 Å². The van der Waals surface area contributed by atoms with E-state index >= 15 is 0 Å². The van der Waals surface area contributed by atoms with Crippen molar-refractivity contribution in [3.63, 3.8) is 0 Å². The summed E-state index contributed by atoms with van der Waals surface area (Å²) in [7, 11) is 0. The van der Waals surface area contributed by atoms with Crippen LogP contribution in [0.3, 0.4) is 0 Å². The molecule has 0 radical (unpaired) electrons. The molecule has 2 aromatic rings. The minimum absolute atomic E-state index is 0.157. The van der Waals surface area contributed by atoms with Gasteiger partial charge in [0.15, 0.2) is 0 Å². The Morgan fingerprint density at radius 1 is 1.25 bits per heavy atom. The van der Waals surface area contributed by atoms with E-state index in [0.29, 0.717) is 23.2 Å². The van der Waals surface area contributed by atoms with Crippen molar-refractivity contribution in [1.82, 2.24) is 15.1 Å². The molecule has 0 N–H and O–H groups in total.